The number of nitrogens with zero attached hydrogens (tertiary/aromatic N) is 5. The number of hydrogen-bond donors (Lipinski definition) is 0. The lowest BCUT2D eigenvalue weighted by Crippen LogP contribution is -2.65. The van der Waals surface area contributed by atoms with Crippen molar-refractivity contribution in [1.29, 1.82) is 0 Å². The van der Waals surface area contributed by atoms with E-state index in [1.807, 2.05) is 0 Å². The van der Waals surface area contributed by atoms with E-state index < -0.39 is 24.2 Å². The molecule has 0 amide bonds. The fourth-order valence-corrected chi connectivity index (χ4v) is 31.6. The highest BCUT2D eigenvalue weighted by molar-refractivity contribution is 7.06. The van der Waals surface area contributed by atoms with Crippen LogP contribution in [0.4, 0.5) is 85.3 Å². The van der Waals surface area contributed by atoms with E-state index in [1.54, 1.807) is 0 Å². The summed E-state index contributed by atoms with van der Waals surface area (Å²) in [5.41, 5.74) is 34.0. The summed E-state index contributed by atoms with van der Waals surface area (Å²) in [6, 6.07) is 106. The Balaban J connectivity index is 0.798. The quantitative estimate of drug-likeness (QED) is 0.157. The summed E-state index contributed by atoms with van der Waals surface area (Å²) in [5, 5.41) is 8.39. The number of fused-ring (bicyclic) bond motifs is 18. The Bertz CT molecular complexity index is 6470. The first kappa shape index (κ1) is 68.7. The topological polar surface area (TPSA) is 53.1 Å². The molecule has 0 radical (unpaired) electrons. The molecule has 117 heavy (non-hydrogen) atoms. The number of aryl methyl sites for hydroxylation is 6. The van der Waals surface area contributed by atoms with Crippen LogP contribution in [0.3, 0.4) is 0 Å². The summed E-state index contributed by atoms with van der Waals surface area (Å²) >= 11 is 0. The van der Waals surface area contributed by atoms with Gasteiger partial charge in [0.2, 0.25) is 0 Å². The molecule has 9 aliphatic heterocycles. The molecule has 9 nitrogen and oxygen atoms in total. The molecular formula is C102H82B3N5O4Si3. The minimum Gasteiger partial charge on any atom is -0.458 e. The van der Waals surface area contributed by atoms with Crippen LogP contribution in [-0.4, -0.2) is 44.4 Å². The van der Waals surface area contributed by atoms with E-state index in [0.717, 1.165) is 130 Å². The molecule has 0 spiro atoms. The predicted octanol–water partition coefficient (Wildman–Crippen LogP) is 16.9. The molecule has 0 saturated heterocycles. The second-order valence-electron chi connectivity index (χ2n) is 35.4. The van der Waals surface area contributed by atoms with Crippen LogP contribution >= 0.6 is 0 Å². The predicted molar refractivity (Wildman–Crippen MR) is 499 cm³/mol. The highest BCUT2D eigenvalue weighted by Gasteiger charge is 2.53. The molecule has 0 bridgehead atoms. The van der Waals surface area contributed by atoms with E-state index in [1.165, 1.54) is 115 Å². The molecule has 0 aliphatic carbocycles. The summed E-state index contributed by atoms with van der Waals surface area (Å²) < 4.78 is 30.5. The highest BCUT2D eigenvalue weighted by Crippen LogP contribution is 2.55. The van der Waals surface area contributed by atoms with Crippen LogP contribution in [0.15, 0.2) is 279 Å². The third kappa shape index (κ3) is 9.44. The summed E-state index contributed by atoms with van der Waals surface area (Å²) in [6.45, 7) is 27.8. The number of ether oxygens (including phenoxy) is 4. The first-order valence-electron chi connectivity index (χ1n) is 41.3. The van der Waals surface area contributed by atoms with Gasteiger partial charge in [0, 0.05) is 104 Å². The van der Waals surface area contributed by atoms with Crippen LogP contribution in [0.25, 0.3) is 0 Å². The Morgan fingerprint density at radius 1 is 0.214 bits per heavy atom. The van der Waals surface area contributed by atoms with Crippen molar-refractivity contribution in [1.82, 2.24) is 0 Å². The molecule has 9 aliphatic rings. The lowest BCUT2D eigenvalue weighted by molar-refractivity contribution is 0.464. The molecule has 15 aromatic rings. The van der Waals surface area contributed by atoms with E-state index in [-0.39, 0.29) is 20.1 Å². The summed E-state index contributed by atoms with van der Waals surface area (Å²) in [4.78, 5) is 12.8. The fourth-order valence-electron chi connectivity index (χ4n) is 22.6. The number of para-hydroxylation sites is 8. The second kappa shape index (κ2) is 24.2. The van der Waals surface area contributed by atoms with Gasteiger partial charge >= 0.3 is 0 Å². The lowest BCUT2D eigenvalue weighted by atomic mass is 9.29. The third-order valence-electron chi connectivity index (χ3n) is 27.4. The zero-order valence-corrected chi connectivity index (χ0v) is 70.7. The molecule has 0 aromatic heterocycles. The van der Waals surface area contributed by atoms with Crippen molar-refractivity contribution in [3.63, 3.8) is 0 Å². The minimum atomic E-state index is -2.27. The fraction of sp³-hybridized carbons (Fsp3) is 0.118. The van der Waals surface area contributed by atoms with Gasteiger partial charge in [0.05, 0.1) is 28.4 Å². The Labute approximate surface area is 687 Å². The van der Waals surface area contributed by atoms with E-state index >= 15 is 0 Å². The average Bonchev–Trinajstić information content (AvgIpc) is 0.650. The van der Waals surface area contributed by atoms with E-state index in [0.29, 0.717) is 0 Å². The smallest absolute Gasteiger partial charge is 0.260 e. The van der Waals surface area contributed by atoms with Gasteiger partial charge in [-0.3, -0.25) is 0 Å². The second-order valence-corrected chi connectivity index (χ2v) is 48.4. The Kier molecular flexibility index (Phi) is 14.2. The SMILES string of the molecule is Cc1cc(C)c(N2c3cc4c(cc3B3c5cc6c(cc5N(c5c(C)cc(C)cc5C)c5cc(N7c8ccccc8[Si](C)(C)c8ccccc87)cc2c53)Oc2cc(N3c5ccccc5[Si](C)(C)c5ccccc53)cc3c2B6c2ccccc2O3)B2c3ccccc3Oc3cc(N5c6ccccc6[Si](C)(C)c6ccccc65)cc(c32)O4)c(C)c1. The minimum absolute atomic E-state index is 0.268. The first-order valence-corrected chi connectivity index (χ1v) is 50.3. The van der Waals surface area contributed by atoms with Gasteiger partial charge in [-0.2, -0.15) is 0 Å². The van der Waals surface area contributed by atoms with Crippen molar-refractivity contribution in [2.75, 3.05) is 24.5 Å². The Morgan fingerprint density at radius 2 is 0.479 bits per heavy atom. The standard InChI is InChI=1S/C102H82B3N5O4Si3/c1-59-45-61(3)101(62(4)46-59)109-80-57-86-72(103-68-29-13-21-37-84(68)111-88-51-66(53-90(113-86)99(88)103)107-76-33-17-25-41-94(76)116(9,10)95-42-26-18-34-77(95)107)55-70(80)105-71-56-73-87(114-91-54-67(52-89-100(91)104(73)69-30-14-22-38-85(69)112-89)108-78-35-19-27-43-96(78)117(11,12)97-44-28-20-36-79(97)108)58-81(71)110(102-63(5)47-60(2)48-64(102)6)83-50-65(49-82(109)98(83)105)106-74-31-15-23-39-92(74)115(7,8)93-40-24-16-32-75(93)106/h13-58H,1-12H3. The van der Waals surface area contributed by atoms with Gasteiger partial charge in [-0.1, -0.05) is 232 Å². The van der Waals surface area contributed by atoms with Gasteiger partial charge in [0.1, 0.15) is 70.2 Å². The highest BCUT2D eigenvalue weighted by atomic mass is 28.3. The molecule has 560 valence electrons. The van der Waals surface area contributed by atoms with Gasteiger partial charge in [0.15, 0.2) is 0 Å². The van der Waals surface area contributed by atoms with Crippen molar-refractivity contribution in [3.8, 4) is 46.0 Å². The summed E-state index contributed by atoms with van der Waals surface area (Å²) in [5.74, 6) is 6.44. The molecule has 24 rings (SSSR count). The molecule has 0 atom stereocenters. The number of hydrogen-bond acceptors (Lipinski definition) is 9. The van der Waals surface area contributed by atoms with Crippen molar-refractivity contribution < 1.29 is 18.9 Å². The maximum atomic E-state index is 7.92. The molecule has 0 N–H and O–H groups in total. The first-order chi connectivity index (χ1) is 56.8. The largest absolute Gasteiger partial charge is 0.458 e. The van der Waals surface area contributed by atoms with Gasteiger partial charge in [0.25, 0.3) is 20.1 Å². The Hall–Kier alpha value is -12.7. The van der Waals surface area contributed by atoms with Gasteiger partial charge < -0.3 is 43.4 Å². The lowest BCUT2D eigenvalue weighted by Gasteiger charge is -2.48. The average molecular weight is 1560 g/mol. The maximum Gasteiger partial charge on any atom is 0.260 e. The van der Waals surface area contributed by atoms with Crippen LogP contribution in [0.1, 0.15) is 33.4 Å². The molecule has 15 aromatic carbocycles. The number of rotatable bonds is 5. The zero-order valence-electron chi connectivity index (χ0n) is 67.7. The van der Waals surface area contributed by atoms with Crippen molar-refractivity contribution in [2.24, 2.45) is 0 Å². The number of benzene rings is 15. The normalized spacial score (nSPS) is 15.7. The molecule has 0 unspecified atom stereocenters. The molecular weight excluding hydrogens is 1480 g/mol. The van der Waals surface area contributed by atoms with Gasteiger partial charge in [-0.25, -0.2) is 0 Å². The van der Waals surface area contributed by atoms with Crippen LogP contribution in [0, 0.1) is 41.5 Å². The molecule has 15 heteroatoms. The number of anilines is 15. The molecule has 9 heterocycles. The Morgan fingerprint density at radius 3 is 0.795 bits per heavy atom. The van der Waals surface area contributed by atoms with Crippen molar-refractivity contribution in [3.05, 3.63) is 312 Å². The summed E-state index contributed by atoms with van der Waals surface area (Å²) in [7, 11) is -6.56. The van der Waals surface area contributed by atoms with E-state index in [9.17, 15) is 0 Å². The van der Waals surface area contributed by atoms with Crippen LogP contribution in [-0.2, 0) is 0 Å². The maximum absolute atomic E-state index is 7.92. The van der Waals surface area contributed by atoms with Crippen LogP contribution in [0.2, 0.25) is 39.3 Å². The summed E-state index contributed by atoms with van der Waals surface area (Å²) in [6.07, 6.45) is 0. The van der Waals surface area contributed by atoms with Crippen molar-refractivity contribution >= 4 is 210 Å². The molecule has 0 saturated carbocycles. The van der Waals surface area contributed by atoms with Gasteiger partial charge in [-0.05, 0) is 194 Å². The van der Waals surface area contributed by atoms with Gasteiger partial charge in [-0.15, -0.1) is 0 Å². The monoisotopic (exact) mass is 1560 g/mol. The molecule has 0 fully saturated rings. The van der Waals surface area contributed by atoms with E-state index in [4.69, 9.17) is 18.9 Å². The third-order valence-corrected chi connectivity index (χ3v) is 38.0. The van der Waals surface area contributed by atoms with Crippen molar-refractivity contribution in [2.45, 2.75) is 80.8 Å². The van der Waals surface area contributed by atoms with Crippen LogP contribution in [0.5, 0.6) is 46.0 Å². The van der Waals surface area contributed by atoms with Crippen LogP contribution < -0.4 is 124 Å². The van der Waals surface area contributed by atoms with E-state index in [2.05, 4.69) is 384 Å². The zero-order chi connectivity index (χ0) is 78.9.